The fourth-order valence-corrected chi connectivity index (χ4v) is 2.01. The Kier molecular flexibility index (Phi) is 6.45. The van der Waals surface area contributed by atoms with Crippen LogP contribution in [0.25, 0.3) is 0 Å². The van der Waals surface area contributed by atoms with E-state index < -0.39 is 5.60 Å². The standard InChI is InChI=1S/C13H26N4O2S/c1-13(2,3)19-12(18)17-8-10(9-17)16-11(14-4)15-6-7-20-5/h10H,6-9H2,1-5H3,(H2,14,15,16). The van der Waals surface area contributed by atoms with Gasteiger partial charge in [0.1, 0.15) is 5.60 Å². The van der Waals surface area contributed by atoms with E-state index in [0.29, 0.717) is 13.1 Å². The number of aliphatic imine (C=N–C) groups is 1. The van der Waals surface area contributed by atoms with E-state index in [-0.39, 0.29) is 12.1 Å². The maximum Gasteiger partial charge on any atom is 0.410 e. The number of carbonyl (C=O) groups is 1. The molecule has 0 spiro atoms. The summed E-state index contributed by atoms with van der Waals surface area (Å²) < 4.78 is 5.31. The number of amides is 1. The van der Waals surface area contributed by atoms with Crippen molar-refractivity contribution in [3.63, 3.8) is 0 Å². The molecule has 1 aliphatic heterocycles. The summed E-state index contributed by atoms with van der Waals surface area (Å²) in [6.07, 6.45) is 1.82. The molecule has 0 aromatic heterocycles. The van der Waals surface area contributed by atoms with Crippen LogP contribution in [-0.2, 0) is 4.74 Å². The number of hydrogen-bond donors (Lipinski definition) is 2. The van der Waals surface area contributed by atoms with E-state index in [2.05, 4.69) is 21.9 Å². The highest BCUT2D eigenvalue weighted by Gasteiger charge is 2.34. The molecule has 6 nitrogen and oxygen atoms in total. The van der Waals surface area contributed by atoms with Gasteiger partial charge in [0, 0.05) is 32.4 Å². The molecular formula is C13H26N4O2S. The highest BCUT2D eigenvalue weighted by atomic mass is 32.2. The molecule has 116 valence electrons. The Morgan fingerprint density at radius 3 is 2.60 bits per heavy atom. The number of thioether (sulfide) groups is 1. The van der Waals surface area contributed by atoms with E-state index in [4.69, 9.17) is 4.74 Å². The van der Waals surface area contributed by atoms with Gasteiger partial charge in [-0.15, -0.1) is 0 Å². The van der Waals surface area contributed by atoms with Gasteiger partial charge in [0.25, 0.3) is 0 Å². The molecule has 1 saturated heterocycles. The van der Waals surface area contributed by atoms with Crippen LogP contribution in [0.1, 0.15) is 20.8 Å². The van der Waals surface area contributed by atoms with Crippen LogP contribution in [0.5, 0.6) is 0 Å². The second-order valence-electron chi connectivity index (χ2n) is 5.72. The summed E-state index contributed by atoms with van der Waals surface area (Å²) in [5.41, 5.74) is -0.439. The van der Waals surface area contributed by atoms with E-state index in [0.717, 1.165) is 18.3 Å². The van der Waals surface area contributed by atoms with E-state index in [1.165, 1.54) is 0 Å². The van der Waals surface area contributed by atoms with Gasteiger partial charge >= 0.3 is 6.09 Å². The molecule has 0 atom stereocenters. The zero-order valence-corrected chi connectivity index (χ0v) is 13.8. The number of carbonyl (C=O) groups excluding carboxylic acids is 1. The number of ether oxygens (including phenoxy) is 1. The topological polar surface area (TPSA) is 66.0 Å². The Morgan fingerprint density at radius 1 is 1.45 bits per heavy atom. The maximum atomic E-state index is 11.8. The first-order valence-corrected chi connectivity index (χ1v) is 8.19. The quantitative estimate of drug-likeness (QED) is 0.463. The second kappa shape index (κ2) is 7.61. The first-order chi connectivity index (χ1) is 9.35. The van der Waals surface area contributed by atoms with Crippen LogP contribution >= 0.6 is 11.8 Å². The molecule has 1 heterocycles. The first kappa shape index (κ1) is 16.9. The highest BCUT2D eigenvalue weighted by Crippen LogP contribution is 2.15. The monoisotopic (exact) mass is 302 g/mol. The largest absolute Gasteiger partial charge is 0.444 e. The Balaban J connectivity index is 2.25. The minimum Gasteiger partial charge on any atom is -0.444 e. The summed E-state index contributed by atoms with van der Waals surface area (Å²) in [6, 6.07) is 0.239. The number of nitrogens with zero attached hydrogens (tertiary/aromatic N) is 2. The van der Waals surface area contributed by atoms with Crippen molar-refractivity contribution in [2.24, 2.45) is 4.99 Å². The lowest BCUT2D eigenvalue weighted by atomic mass is 10.1. The van der Waals surface area contributed by atoms with Crippen LogP contribution < -0.4 is 10.6 Å². The van der Waals surface area contributed by atoms with E-state index in [1.807, 2.05) is 20.8 Å². The smallest absolute Gasteiger partial charge is 0.410 e. The second-order valence-corrected chi connectivity index (χ2v) is 6.70. The average molecular weight is 302 g/mol. The fraction of sp³-hybridized carbons (Fsp3) is 0.846. The number of guanidine groups is 1. The molecule has 0 radical (unpaired) electrons. The lowest BCUT2D eigenvalue weighted by molar-refractivity contribution is 0.00701. The van der Waals surface area contributed by atoms with Gasteiger partial charge in [-0.25, -0.2) is 4.79 Å². The van der Waals surface area contributed by atoms with Gasteiger partial charge in [-0.1, -0.05) is 0 Å². The predicted octanol–water partition coefficient (Wildman–Crippen LogP) is 1.13. The average Bonchev–Trinajstić information content (AvgIpc) is 2.28. The molecule has 0 aromatic carbocycles. The van der Waals surface area contributed by atoms with Crippen molar-refractivity contribution < 1.29 is 9.53 Å². The van der Waals surface area contributed by atoms with Crippen molar-refractivity contribution in [3.05, 3.63) is 0 Å². The number of rotatable bonds is 4. The minimum absolute atomic E-state index is 0.239. The van der Waals surface area contributed by atoms with Gasteiger partial charge in [-0.2, -0.15) is 11.8 Å². The van der Waals surface area contributed by atoms with E-state index in [9.17, 15) is 4.79 Å². The summed E-state index contributed by atoms with van der Waals surface area (Å²) in [6.45, 7) is 7.80. The van der Waals surface area contributed by atoms with Gasteiger partial charge < -0.3 is 20.3 Å². The normalized spacial score (nSPS) is 16.6. The fourth-order valence-electron chi connectivity index (χ4n) is 1.70. The molecule has 7 heteroatoms. The molecule has 2 N–H and O–H groups in total. The van der Waals surface area contributed by atoms with Crippen LogP contribution in [-0.4, -0.2) is 67.3 Å². The van der Waals surface area contributed by atoms with Crippen LogP contribution in [0.15, 0.2) is 4.99 Å². The Hall–Kier alpha value is -1.11. The lowest BCUT2D eigenvalue weighted by Crippen LogP contribution is -2.63. The summed E-state index contributed by atoms with van der Waals surface area (Å²) in [5, 5.41) is 6.53. The zero-order valence-electron chi connectivity index (χ0n) is 13.0. The molecular weight excluding hydrogens is 276 g/mol. The zero-order chi connectivity index (χ0) is 15.2. The summed E-state index contributed by atoms with van der Waals surface area (Å²) in [5.74, 6) is 1.82. The molecule has 0 saturated carbocycles. The summed E-state index contributed by atoms with van der Waals surface area (Å²) >= 11 is 1.79. The number of nitrogens with one attached hydrogen (secondary N) is 2. The van der Waals surface area contributed by atoms with Gasteiger partial charge in [-0.3, -0.25) is 4.99 Å². The van der Waals surface area contributed by atoms with E-state index in [1.54, 1.807) is 23.7 Å². The molecule has 20 heavy (non-hydrogen) atoms. The molecule has 1 amide bonds. The Bertz CT molecular complexity index is 349. The van der Waals surface area contributed by atoms with Gasteiger partial charge in [0.15, 0.2) is 5.96 Å². The number of likely N-dealkylation sites (tertiary alicyclic amines) is 1. The lowest BCUT2D eigenvalue weighted by Gasteiger charge is -2.40. The van der Waals surface area contributed by atoms with Crippen molar-refractivity contribution in [1.82, 2.24) is 15.5 Å². The maximum absolute atomic E-state index is 11.8. The van der Waals surface area contributed by atoms with Crippen molar-refractivity contribution in [2.75, 3.05) is 38.7 Å². The van der Waals surface area contributed by atoms with Crippen LogP contribution in [0.3, 0.4) is 0 Å². The third-order valence-corrected chi connectivity index (χ3v) is 3.31. The molecule has 0 bridgehead atoms. The summed E-state index contributed by atoms with van der Waals surface area (Å²) in [7, 11) is 1.75. The molecule has 0 aliphatic carbocycles. The molecule has 1 rings (SSSR count). The molecule has 0 aromatic rings. The van der Waals surface area contributed by atoms with Crippen molar-refractivity contribution in [1.29, 1.82) is 0 Å². The SMILES string of the molecule is CN=C(NCCSC)NC1CN(C(=O)OC(C)(C)C)C1. The first-order valence-electron chi connectivity index (χ1n) is 6.79. The van der Waals surface area contributed by atoms with Gasteiger partial charge in [-0.05, 0) is 27.0 Å². The third-order valence-electron chi connectivity index (χ3n) is 2.70. The minimum atomic E-state index is -0.439. The van der Waals surface area contributed by atoms with Gasteiger partial charge in [0.05, 0.1) is 6.04 Å². The third kappa shape index (κ3) is 5.90. The summed E-state index contributed by atoms with van der Waals surface area (Å²) in [4.78, 5) is 17.6. The van der Waals surface area contributed by atoms with Crippen molar-refractivity contribution >= 4 is 23.8 Å². The molecule has 1 aliphatic rings. The van der Waals surface area contributed by atoms with Crippen LogP contribution in [0, 0.1) is 0 Å². The van der Waals surface area contributed by atoms with Crippen LogP contribution in [0.4, 0.5) is 4.79 Å². The van der Waals surface area contributed by atoms with Crippen LogP contribution in [0.2, 0.25) is 0 Å². The van der Waals surface area contributed by atoms with E-state index >= 15 is 0 Å². The van der Waals surface area contributed by atoms with Gasteiger partial charge in [0.2, 0.25) is 0 Å². The Morgan fingerprint density at radius 2 is 2.10 bits per heavy atom. The molecule has 1 fully saturated rings. The predicted molar refractivity (Wildman–Crippen MR) is 84.5 cm³/mol. The molecule has 0 unspecified atom stereocenters. The Labute approximate surface area is 125 Å². The highest BCUT2D eigenvalue weighted by molar-refractivity contribution is 7.98. The van der Waals surface area contributed by atoms with Crippen molar-refractivity contribution in [3.8, 4) is 0 Å². The number of hydrogen-bond acceptors (Lipinski definition) is 4. The van der Waals surface area contributed by atoms with Crippen molar-refractivity contribution in [2.45, 2.75) is 32.4 Å².